The first-order chi connectivity index (χ1) is 9.37. The zero-order valence-corrected chi connectivity index (χ0v) is 11.4. The molecule has 112 valence electrons. The van der Waals surface area contributed by atoms with Gasteiger partial charge in [0.2, 0.25) is 10.0 Å². The Balaban J connectivity index is 2.07. The van der Waals surface area contributed by atoms with Crippen molar-refractivity contribution in [3.8, 4) is 0 Å². The maximum atomic E-state index is 13.0. The Labute approximate surface area is 115 Å². The molecule has 0 radical (unpaired) electrons. The standard InChI is InChI=1S/C12H15F3N2O2S/c13-10-5-9(6-11(14)12(10)15)17-20(18,19)7-8-1-3-16-4-2-8/h5-6,8,16-17H,1-4,7H2. The van der Waals surface area contributed by atoms with Crippen molar-refractivity contribution in [3.05, 3.63) is 29.6 Å². The van der Waals surface area contributed by atoms with E-state index in [-0.39, 0.29) is 17.4 Å². The lowest BCUT2D eigenvalue weighted by Crippen LogP contribution is -2.33. The molecule has 0 spiro atoms. The van der Waals surface area contributed by atoms with E-state index in [4.69, 9.17) is 0 Å². The number of halogens is 3. The average molecular weight is 308 g/mol. The second-order valence-electron chi connectivity index (χ2n) is 4.83. The highest BCUT2D eigenvalue weighted by molar-refractivity contribution is 7.92. The quantitative estimate of drug-likeness (QED) is 0.835. The van der Waals surface area contributed by atoms with Crippen LogP contribution in [0.1, 0.15) is 12.8 Å². The van der Waals surface area contributed by atoms with E-state index >= 15 is 0 Å². The summed E-state index contributed by atoms with van der Waals surface area (Å²) in [6.45, 7) is 1.50. The summed E-state index contributed by atoms with van der Waals surface area (Å²) in [4.78, 5) is 0. The average Bonchev–Trinajstić information content (AvgIpc) is 2.36. The van der Waals surface area contributed by atoms with Gasteiger partial charge in [-0.25, -0.2) is 21.6 Å². The van der Waals surface area contributed by atoms with Crippen molar-refractivity contribution in [2.45, 2.75) is 12.8 Å². The van der Waals surface area contributed by atoms with Crippen molar-refractivity contribution in [1.29, 1.82) is 0 Å². The number of nitrogens with one attached hydrogen (secondary N) is 2. The molecule has 0 amide bonds. The Kier molecular flexibility index (Phi) is 4.54. The summed E-state index contributed by atoms with van der Waals surface area (Å²) in [5.41, 5.74) is -0.310. The number of hydrogen-bond acceptors (Lipinski definition) is 3. The van der Waals surface area contributed by atoms with Crippen LogP contribution in [0.5, 0.6) is 0 Å². The van der Waals surface area contributed by atoms with Gasteiger partial charge in [-0.05, 0) is 31.8 Å². The van der Waals surface area contributed by atoms with Crippen LogP contribution in [0.3, 0.4) is 0 Å². The highest BCUT2D eigenvalue weighted by Gasteiger charge is 2.22. The summed E-state index contributed by atoms with van der Waals surface area (Å²) in [7, 11) is -3.71. The highest BCUT2D eigenvalue weighted by Crippen LogP contribution is 2.20. The number of piperidine rings is 1. The van der Waals surface area contributed by atoms with Gasteiger partial charge in [-0.3, -0.25) is 4.72 Å². The lowest BCUT2D eigenvalue weighted by atomic mass is 10.0. The molecule has 4 nitrogen and oxygen atoms in total. The molecule has 1 fully saturated rings. The Bertz CT molecular complexity index is 563. The fourth-order valence-electron chi connectivity index (χ4n) is 2.19. The zero-order valence-electron chi connectivity index (χ0n) is 10.6. The van der Waals surface area contributed by atoms with Crippen molar-refractivity contribution < 1.29 is 21.6 Å². The normalized spacial score (nSPS) is 17.1. The molecule has 0 saturated carbocycles. The fraction of sp³-hybridized carbons (Fsp3) is 0.500. The van der Waals surface area contributed by atoms with E-state index < -0.39 is 27.5 Å². The largest absolute Gasteiger partial charge is 0.317 e. The third kappa shape index (κ3) is 3.86. The first kappa shape index (κ1) is 15.1. The second kappa shape index (κ2) is 6.01. The van der Waals surface area contributed by atoms with Crippen molar-refractivity contribution >= 4 is 15.7 Å². The number of rotatable bonds is 4. The lowest BCUT2D eigenvalue weighted by molar-refractivity contribution is 0.402. The predicted molar refractivity (Wildman–Crippen MR) is 69.3 cm³/mol. The van der Waals surface area contributed by atoms with Crippen molar-refractivity contribution in [3.63, 3.8) is 0 Å². The van der Waals surface area contributed by atoms with Crippen molar-refractivity contribution in [1.82, 2.24) is 5.32 Å². The summed E-state index contributed by atoms with van der Waals surface area (Å²) in [5.74, 6) is -4.58. The molecule has 1 aliphatic rings. The Hall–Kier alpha value is -1.28. The molecule has 1 aliphatic heterocycles. The van der Waals surface area contributed by atoms with Crippen LogP contribution in [-0.2, 0) is 10.0 Å². The molecular weight excluding hydrogens is 293 g/mol. The van der Waals surface area contributed by atoms with Crippen LogP contribution < -0.4 is 10.0 Å². The highest BCUT2D eigenvalue weighted by atomic mass is 32.2. The first-order valence-electron chi connectivity index (χ1n) is 6.23. The monoisotopic (exact) mass is 308 g/mol. The number of sulfonamides is 1. The van der Waals surface area contributed by atoms with Gasteiger partial charge in [0.05, 0.1) is 11.4 Å². The van der Waals surface area contributed by atoms with Gasteiger partial charge in [-0.2, -0.15) is 0 Å². The number of anilines is 1. The summed E-state index contributed by atoms with van der Waals surface area (Å²) in [5, 5.41) is 3.12. The first-order valence-corrected chi connectivity index (χ1v) is 7.88. The van der Waals surface area contributed by atoms with Crippen LogP contribution in [0, 0.1) is 23.4 Å². The maximum absolute atomic E-state index is 13.0. The Morgan fingerprint density at radius 3 is 2.25 bits per heavy atom. The van der Waals surface area contributed by atoms with Crippen LogP contribution in [0.4, 0.5) is 18.9 Å². The van der Waals surface area contributed by atoms with Gasteiger partial charge in [0.1, 0.15) is 0 Å². The molecule has 1 saturated heterocycles. The fourth-order valence-corrected chi connectivity index (χ4v) is 3.71. The molecule has 1 heterocycles. The molecule has 1 aromatic rings. The maximum Gasteiger partial charge on any atom is 0.232 e. The van der Waals surface area contributed by atoms with E-state index in [9.17, 15) is 21.6 Å². The van der Waals surface area contributed by atoms with Crippen molar-refractivity contribution in [2.75, 3.05) is 23.6 Å². The molecule has 0 unspecified atom stereocenters. The van der Waals surface area contributed by atoms with E-state index in [0.717, 1.165) is 25.9 Å². The smallest absolute Gasteiger partial charge is 0.232 e. The third-order valence-electron chi connectivity index (χ3n) is 3.17. The molecule has 1 aromatic carbocycles. The summed E-state index contributed by atoms with van der Waals surface area (Å²) >= 11 is 0. The van der Waals surface area contributed by atoms with Gasteiger partial charge < -0.3 is 5.32 Å². The van der Waals surface area contributed by atoms with Crippen LogP contribution in [-0.4, -0.2) is 27.3 Å². The summed E-state index contributed by atoms with van der Waals surface area (Å²) in [6, 6.07) is 1.25. The van der Waals surface area contributed by atoms with Gasteiger partial charge in [-0.15, -0.1) is 0 Å². The van der Waals surface area contributed by atoms with Crippen LogP contribution >= 0.6 is 0 Å². The SMILES string of the molecule is O=S(=O)(CC1CCNCC1)Nc1cc(F)c(F)c(F)c1. The van der Waals surface area contributed by atoms with Crippen molar-refractivity contribution in [2.24, 2.45) is 5.92 Å². The molecule has 2 rings (SSSR count). The van der Waals surface area contributed by atoms with Gasteiger partial charge in [-0.1, -0.05) is 0 Å². The van der Waals surface area contributed by atoms with Crippen LogP contribution in [0.2, 0.25) is 0 Å². The Morgan fingerprint density at radius 1 is 1.15 bits per heavy atom. The number of benzene rings is 1. The van der Waals surface area contributed by atoms with Crippen LogP contribution in [0.15, 0.2) is 12.1 Å². The minimum atomic E-state index is -3.71. The van der Waals surface area contributed by atoms with E-state index in [1.807, 2.05) is 0 Å². The van der Waals surface area contributed by atoms with Gasteiger partial charge in [0.25, 0.3) is 0 Å². The van der Waals surface area contributed by atoms with E-state index in [1.165, 1.54) is 0 Å². The summed E-state index contributed by atoms with van der Waals surface area (Å²) in [6.07, 6.45) is 1.46. The molecule has 0 aromatic heterocycles. The van der Waals surface area contributed by atoms with Gasteiger partial charge in [0.15, 0.2) is 17.5 Å². The molecule has 0 bridgehead atoms. The third-order valence-corrected chi connectivity index (χ3v) is 4.63. The Morgan fingerprint density at radius 2 is 1.70 bits per heavy atom. The van der Waals surface area contributed by atoms with Gasteiger partial charge in [0, 0.05) is 12.1 Å². The molecule has 0 atom stereocenters. The molecule has 2 N–H and O–H groups in total. The van der Waals surface area contributed by atoms with Gasteiger partial charge >= 0.3 is 0 Å². The second-order valence-corrected chi connectivity index (χ2v) is 6.60. The van der Waals surface area contributed by atoms with E-state index in [1.54, 1.807) is 0 Å². The molecular formula is C12H15F3N2O2S. The summed E-state index contributed by atoms with van der Waals surface area (Å²) < 4.78 is 64.7. The minimum absolute atomic E-state index is 0.00360. The predicted octanol–water partition coefficient (Wildman–Crippen LogP) is 1.85. The topological polar surface area (TPSA) is 58.2 Å². The molecule has 0 aliphatic carbocycles. The molecule has 8 heteroatoms. The minimum Gasteiger partial charge on any atom is -0.317 e. The van der Waals surface area contributed by atoms with E-state index in [2.05, 4.69) is 10.0 Å². The van der Waals surface area contributed by atoms with Crippen LogP contribution in [0.25, 0.3) is 0 Å². The number of hydrogen-bond donors (Lipinski definition) is 2. The van der Waals surface area contributed by atoms with E-state index in [0.29, 0.717) is 12.1 Å². The molecule has 20 heavy (non-hydrogen) atoms. The lowest BCUT2D eigenvalue weighted by Gasteiger charge is -2.22. The zero-order chi connectivity index (χ0) is 14.8.